The Morgan fingerprint density at radius 2 is 1.12 bits per heavy atom. The molecular formula is C4H12LiNSi2. The smallest absolute Gasteiger partial charge is 0.673 e. The standard InChI is InChI=1S/C4H12NSi2.Li/c1-6(2)5-7(3)4;/h1-4H3;/q-1;+1. The molecule has 0 aromatic rings. The summed E-state index contributed by atoms with van der Waals surface area (Å²) < 4.78 is 4.48. The quantitative estimate of drug-likeness (QED) is 0.428. The van der Waals surface area contributed by atoms with Crippen LogP contribution in [0.4, 0.5) is 0 Å². The summed E-state index contributed by atoms with van der Waals surface area (Å²) >= 11 is 0. The fourth-order valence-electron chi connectivity index (χ4n) is 0.447. The van der Waals surface area contributed by atoms with Crippen molar-refractivity contribution < 1.29 is 18.9 Å². The largest absolute Gasteiger partial charge is 1.00 e. The molecule has 0 aliphatic carbocycles. The van der Waals surface area contributed by atoms with Gasteiger partial charge in [0, 0.05) is 0 Å². The Bertz CT molecular complexity index is 43.3. The molecule has 0 amide bonds. The van der Waals surface area contributed by atoms with E-state index in [0.717, 1.165) is 0 Å². The molecule has 4 heteroatoms. The number of nitrogens with zero attached hydrogens (tertiary/aromatic N) is 1. The van der Waals surface area contributed by atoms with Crippen LogP contribution in [-0.2, 0) is 0 Å². The van der Waals surface area contributed by atoms with Crippen LogP contribution < -0.4 is 18.9 Å². The van der Waals surface area contributed by atoms with Gasteiger partial charge in [0.1, 0.15) is 0 Å². The van der Waals surface area contributed by atoms with Gasteiger partial charge in [0.2, 0.25) is 0 Å². The van der Waals surface area contributed by atoms with Gasteiger partial charge in [0.15, 0.2) is 0 Å². The van der Waals surface area contributed by atoms with Crippen molar-refractivity contribution in [2.45, 2.75) is 26.2 Å². The normalized spacial score (nSPS) is 9.75. The van der Waals surface area contributed by atoms with Crippen LogP contribution in [0.1, 0.15) is 0 Å². The molecule has 0 unspecified atom stereocenters. The van der Waals surface area contributed by atoms with E-state index >= 15 is 0 Å². The van der Waals surface area contributed by atoms with Crippen molar-refractivity contribution in [3.8, 4) is 0 Å². The van der Waals surface area contributed by atoms with E-state index in [2.05, 4.69) is 30.8 Å². The Kier molecular flexibility index (Phi) is 8.98. The SMILES string of the molecule is C[Si](C)[N-][Si](C)C.[Li+]. The third-order valence-corrected chi connectivity index (χ3v) is 4.02. The van der Waals surface area contributed by atoms with Gasteiger partial charge < -0.3 is 4.65 Å². The van der Waals surface area contributed by atoms with Gasteiger partial charge in [-0.15, -0.1) is 0 Å². The van der Waals surface area contributed by atoms with Crippen molar-refractivity contribution in [2.24, 2.45) is 0 Å². The minimum atomic E-state index is -0.264. The van der Waals surface area contributed by atoms with Gasteiger partial charge in [0.25, 0.3) is 0 Å². The number of hydrogen-bond donors (Lipinski definition) is 0. The van der Waals surface area contributed by atoms with Crippen molar-refractivity contribution in [2.75, 3.05) is 0 Å². The Hall–Kier alpha value is 0.991. The van der Waals surface area contributed by atoms with E-state index in [1.54, 1.807) is 0 Å². The average Bonchev–Trinajstić information content (AvgIpc) is 1.27. The van der Waals surface area contributed by atoms with Gasteiger partial charge in [0.05, 0.1) is 0 Å². The average molecular weight is 137 g/mol. The van der Waals surface area contributed by atoms with Crippen LogP contribution in [0.3, 0.4) is 0 Å². The van der Waals surface area contributed by atoms with Crippen LogP contribution in [0, 0.1) is 0 Å². The third kappa shape index (κ3) is 10.1. The van der Waals surface area contributed by atoms with E-state index in [1.807, 2.05) is 0 Å². The predicted molar refractivity (Wildman–Crippen MR) is 38.3 cm³/mol. The topological polar surface area (TPSA) is 14.1 Å². The van der Waals surface area contributed by atoms with Crippen molar-refractivity contribution in [3.05, 3.63) is 4.65 Å². The maximum atomic E-state index is 4.48. The zero-order chi connectivity index (χ0) is 5.86. The second-order valence-electron chi connectivity index (χ2n) is 2.01. The molecule has 0 spiro atoms. The zero-order valence-corrected chi connectivity index (χ0v) is 8.45. The molecule has 0 saturated carbocycles. The van der Waals surface area contributed by atoms with Crippen LogP contribution in [0.25, 0.3) is 4.65 Å². The summed E-state index contributed by atoms with van der Waals surface area (Å²) in [6, 6.07) is 0. The molecule has 0 heterocycles. The molecule has 8 heavy (non-hydrogen) atoms. The Morgan fingerprint density at radius 1 is 0.875 bits per heavy atom. The van der Waals surface area contributed by atoms with Crippen LogP contribution in [-0.4, -0.2) is 17.9 Å². The summed E-state index contributed by atoms with van der Waals surface area (Å²) in [6.07, 6.45) is 0. The molecule has 0 bridgehead atoms. The second-order valence-corrected chi connectivity index (χ2v) is 6.69. The second kappa shape index (κ2) is 6.12. The minimum absolute atomic E-state index is 0. The van der Waals surface area contributed by atoms with Crippen molar-refractivity contribution in [3.63, 3.8) is 0 Å². The molecule has 2 radical (unpaired) electrons. The van der Waals surface area contributed by atoms with Crippen LogP contribution in [0.5, 0.6) is 0 Å². The van der Waals surface area contributed by atoms with Crippen molar-refractivity contribution in [1.82, 2.24) is 0 Å². The maximum absolute atomic E-state index is 4.48. The molecule has 0 aliphatic rings. The molecule has 0 N–H and O–H groups in total. The van der Waals surface area contributed by atoms with Crippen LogP contribution in [0.15, 0.2) is 0 Å². The molecule has 0 rings (SSSR count). The first-order chi connectivity index (χ1) is 3.13. The summed E-state index contributed by atoms with van der Waals surface area (Å²) in [5.41, 5.74) is 0. The van der Waals surface area contributed by atoms with Crippen LogP contribution >= 0.6 is 0 Å². The van der Waals surface area contributed by atoms with Gasteiger partial charge in [-0.05, 0) is 0 Å². The molecule has 0 aromatic heterocycles. The van der Waals surface area contributed by atoms with Gasteiger partial charge >= 0.3 is 18.9 Å². The minimum Gasteiger partial charge on any atom is -0.673 e. The number of rotatable bonds is 2. The first kappa shape index (κ1) is 11.7. The molecule has 0 fully saturated rings. The summed E-state index contributed by atoms with van der Waals surface area (Å²) in [6.45, 7) is 8.90. The van der Waals surface area contributed by atoms with E-state index in [1.165, 1.54) is 0 Å². The third-order valence-electron chi connectivity index (χ3n) is 0.447. The number of hydrogen-bond acceptors (Lipinski definition) is 0. The Balaban J connectivity index is 0. The van der Waals surface area contributed by atoms with E-state index in [4.69, 9.17) is 0 Å². The summed E-state index contributed by atoms with van der Waals surface area (Å²) in [5.74, 6) is 0. The predicted octanol–water partition coefficient (Wildman–Crippen LogP) is -1.13. The molecule has 0 atom stereocenters. The fourth-order valence-corrected chi connectivity index (χ4v) is 4.02. The summed E-state index contributed by atoms with van der Waals surface area (Å²) in [5, 5.41) is 0. The van der Waals surface area contributed by atoms with E-state index in [-0.39, 0.29) is 36.8 Å². The molecule has 0 aliphatic heterocycles. The van der Waals surface area contributed by atoms with Crippen LogP contribution in [0.2, 0.25) is 26.2 Å². The monoisotopic (exact) mass is 137 g/mol. The van der Waals surface area contributed by atoms with Gasteiger partial charge in [-0.2, -0.15) is 0 Å². The van der Waals surface area contributed by atoms with Gasteiger partial charge in [-0.3, -0.25) is 0 Å². The van der Waals surface area contributed by atoms with Gasteiger partial charge in [-0.1, -0.05) is 44.1 Å². The first-order valence-electron chi connectivity index (χ1n) is 2.45. The van der Waals surface area contributed by atoms with Crippen molar-refractivity contribution >= 4 is 17.9 Å². The maximum Gasteiger partial charge on any atom is 1.00 e. The van der Waals surface area contributed by atoms with E-state index in [9.17, 15) is 0 Å². The molecule has 1 nitrogen and oxygen atoms in total. The Labute approximate surface area is 67.8 Å². The summed E-state index contributed by atoms with van der Waals surface area (Å²) in [4.78, 5) is 0. The first-order valence-corrected chi connectivity index (χ1v) is 7.34. The molecular weight excluding hydrogens is 125 g/mol. The van der Waals surface area contributed by atoms with Gasteiger partial charge in [-0.25, -0.2) is 0 Å². The van der Waals surface area contributed by atoms with E-state index in [0.29, 0.717) is 0 Å². The summed E-state index contributed by atoms with van der Waals surface area (Å²) in [7, 11) is -0.528. The van der Waals surface area contributed by atoms with Crippen molar-refractivity contribution in [1.29, 1.82) is 0 Å². The fraction of sp³-hybridized carbons (Fsp3) is 1.00. The van der Waals surface area contributed by atoms with E-state index < -0.39 is 0 Å². The zero-order valence-electron chi connectivity index (χ0n) is 6.45. The molecule has 42 valence electrons. The Morgan fingerprint density at radius 3 is 1.12 bits per heavy atom. The molecule has 0 saturated heterocycles. The molecule has 0 aromatic carbocycles.